The molecule has 0 aromatic heterocycles. The van der Waals surface area contributed by atoms with Gasteiger partial charge in [-0.1, -0.05) is 214 Å². The Morgan fingerprint density at radius 2 is 0.565 bits per heavy atom. The lowest BCUT2D eigenvalue weighted by Crippen LogP contribution is -2.30. The van der Waals surface area contributed by atoms with Crippen molar-refractivity contribution in [1.29, 1.82) is 0 Å². The molecule has 0 aliphatic carbocycles. The van der Waals surface area contributed by atoms with E-state index in [-0.39, 0.29) is 31.1 Å². The summed E-state index contributed by atoms with van der Waals surface area (Å²) in [5, 5.41) is 0. The number of hydrogen-bond acceptors (Lipinski definition) is 6. The number of carbonyl (C=O) groups excluding carboxylic acids is 3. The summed E-state index contributed by atoms with van der Waals surface area (Å²) in [5.41, 5.74) is 0. The summed E-state index contributed by atoms with van der Waals surface area (Å²) in [4.78, 5) is 38.1. The summed E-state index contributed by atoms with van der Waals surface area (Å²) < 4.78 is 16.8. The maximum Gasteiger partial charge on any atom is 0.306 e. The van der Waals surface area contributed by atoms with E-state index < -0.39 is 6.10 Å². The zero-order chi connectivity index (χ0) is 50.0. The molecule has 0 radical (unpaired) electrons. The van der Waals surface area contributed by atoms with Crippen LogP contribution in [0.5, 0.6) is 0 Å². The molecule has 69 heavy (non-hydrogen) atoms. The zero-order valence-corrected chi connectivity index (χ0v) is 44.8. The van der Waals surface area contributed by atoms with E-state index in [2.05, 4.69) is 130 Å². The van der Waals surface area contributed by atoms with E-state index in [1.165, 1.54) is 77.0 Å². The summed E-state index contributed by atoms with van der Waals surface area (Å²) in [6.45, 7) is 6.44. The summed E-state index contributed by atoms with van der Waals surface area (Å²) >= 11 is 0. The first-order valence-corrected chi connectivity index (χ1v) is 28.4. The average molecular weight is 958 g/mol. The highest BCUT2D eigenvalue weighted by Crippen LogP contribution is 2.13. The molecule has 0 aliphatic rings. The molecular weight excluding hydrogens is 853 g/mol. The topological polar surface area (TPSA) is 78.9 Å². The Morgan fingerprint density at radius 3 is 0.957 bits per heavy atom. The van der Waals surface area contributed by atoms with Gasteiger partial charge in [0.1, 0.15) is 13.2 Å². The molecule has 0 amide bonds. The van der Waals surface area contributed by atoms with Gasteiger partial charge in [0.05, 0.1) is 0 Å². The fourth-order valence-electron chi connectivity index (χ4n) is 7.47. The molecule has 0 saturated carbocycles. The first-order chi connectivity index (χ1) is 34.0. The fourth-order valence-corrected chi connectivity index (χ4v) is 7.47. The van der Waals surface area contributed by atoms with Crippen molar-refractivity contribution in [3.63, 3.8) is 0 Å². The van der Waals surface area contributed by atoms with Crippen molar-refractivity contribution in [2.75, 3.05) is 13.2 Å². The number of ether oxygens (including phenoxy) is 3. The van der Waals surface area contributed by atoms with Crippen molar-refractivity contribution in [3.8, 4) is 0 Å². The predicted molar refractivity (Wildman–Crippen MR) is 297 cm³/mol. The SMILES string of the molecule is CC/C=C\C/C=C\C/C=C\C/C=C\C/C=C\C/C=C\CCCCC(=O)OCC(COC(=O)CCCCCCC/C=C\CCCCCCCC)OC(=O)CCCCCCC/C=C\C/C=C\CCCCC. The number of hydrogen-bond donors (Lipinski definition) is 0. The Balaban J connectivity index is 4.50. The Labute approximate surface area is 425 Å². The van der Waals surface area contributed by atoms with Gasteiger partial charge in [-0.3, -0.25) is 14.4 Å². The highest BCUT2D eigenvalue weighted by molar-refractivity contribution is 5.71. The molecule has 6 heteroatoms. The molecule has 0 aromatic carbocycles. The molecule has 0 aliphatic heterocycles. The smallest absolute Gasteiger partial charge is 0.306 e. The van der Waals surface area contributed by atoms with Crippen LogP contribution in [0.3, 0.4) is 0 Å². The van der Waals surface area contributed by atoms with Crippen molar-refractivity contribution >= 4 is 17.9 Å². The third-order valence-electron chi connectivity index (χ3n) is 11.7. The maximum absolute atomic E-state index is 12.8. The van der Waals surface area contributed by atoms with Crippen LogP contribution in [0.25, 0.3) is 0 Å². The van der Waals surface area contributed by atoms with Gasteiger partial charge in [0.25, 0.3) is 0 Å². The van der Waals surface area contributed by atoms with E-state index in [9.17, 15) is 14.4 Å². The Hall–Kier alpha value is -3.93. The summed E-state index contributed by atoms with van der Waals surface area (Å²) in [6, 6.07) is 0. The Kier molecular flexibility index (Phi) is 53.4. The molecule has 1 unspecified atom stereocenters. The predicted octanol–water partition coefficient (Wildman–Crippen LogP) is 19.1. The molecule has 0 heterocycles. The number of unbranched alkanes of at least 4 members (excludes halogenated alkanes) is 21. The molecule has 0 rings (SSSR count). The molecule has 0 saturated heterocycles. The summed E-state index contributed by atoms with van der Waals surface area (Å²) in [7, 11) is 0. The van der Waals surface area contributed by atoms with Crippen LogP contribution in [0.2, 0.25) is 0 Å². The number of carbonyl (C=O) groups is 3. The van der Waals surface area contributed by atoms with E-state index in [0.29, 0.717) is 25.7 Å². The molecule has 0 fully saturated rings. The molecule has 0 bridgehead atoms. The highest BCUT2D eigenvalue weighted by Gasteiger charge is 2.19. The van der Waals surface area contributed by atoms with Gasteiger partial charge in [-0.15, -0.1) is 0 Å². The molecule has 0 N–H and O–H groups in total. The van der Waals surface area contributed by atoms with Crippen molar-refractivity contribution in [1.82, 2.24) is 0 Å². The standard InChI is InChI=1S/C63H104O6/c1-4-7-10-13-16-19-22-25-28-29-30-31-32-33-36-38-41-44-47-50-53-56-62(65)68-59-60(69-63(66)57-54-51-48-45-42-39-35-27-24-21-18-15-12-9-6-3)58-67-61(64)55-52-49-46-43-40-37-34-26-23-20-17-14-11-8-5-2/h7,10,16,18-19,21,25-28,30-31,33-36,41,44,60H,4-6,8-9,11-15,17,20,22-24,29,32,37-40,42-43,45-59H2,1-3H3/b10-7-,19-16-,21-18-,28-25-,31-30-,34-26-,35-27-,36-33-,44-41-. The fraction of sp³-hybridized carbons (Fsp3) is 0.667. The van der Waals surface area contributed by atoms with Gasteiger partial charge in [-0.05, 0) is 128 Å². The highest BCUT2D eigenvalue weighted by atomic mass is 16.6. The molecule has 6 nitrogen and oxygen atoms in total. The van der Waals surface area contributed by atoms with E-state index in [0.717, 1.165) is 128 Å². The largest absolute Gasteiger partial charge is 0.462 e. The van der Waals surface area contributed by atoms with Crippen molar-refractivity contribution in [2.24, 2.45) is 0 Å². The minimum atomic E-state index is -0.809. The molecule has 1 atom stereocenters. The van der Waals surface area contributed by atoms with Crippen LogP contribution in [0.15, 0.2) is 109 Å². The van der Waals surface area contributed by atoms with Crippen LogP contribution in [0, 0.1) is 0 Å². The minimum Gasteiger partial charge on any atom is -0.462 e. The average Bonchev–Trinajstić information content (AvgIpc) is 3.35. The van der Waals surface area contributed by atoms with Crippen LogP contribution in [0.1, 0.15) is 252 Å². The van der Waals surface area contributed by atoms with Crippen LogP contribution in [-0.4, -0.2) is 37.2 Å². The van der Waals surface area contributed by atoms with Crippen LogP contribution in [-0.2, 0) is 28.6 Å². The second-order valence-corrected chi connectivity index (χ2v) is 18.5. The van der Waals surface area contributed by atoms with Gasteiger partial charge in [0.2, 0.25) is 0 Å². The van der Waals surface area contributed by atoms with Gasteiger partial charge < -0.3 is 14.2 Å². The van der Waals surface area contributed by atoms with Crippen molar-refractivity contribution in [2.45, 2.75) is 258 Å². The maximum atomic E-state index is 12.8. The Bertz CT molecular complexity index is 1420. The summed E-state index contributed by atoms with van der Waals surface area (Å²) in [6.07, 6.45) is 76.4. The monoisotopic (exact) mass is 957 g/mol. The normalized spacial score (nSPS) is 12.9. The van der Waals surface area contributed by atoms with Crippen LogP contribution in [0.4, 0.5) is 0 Å². The lowest BCUT2D eigenvalue weighted by molar-refractivity contribution is -0.167. The molecule has 0 aromatic rings. The Morgan fingerprint density at radius 1 is 0.304 bits per heavy atom. The summed E-state index contributed by atoms with van der Waals surface area (Å²) in [5.74, 6) is -0.971. The zero-order valence-electron chi connectivity index (χ0n) is 44.8. The van der Waals surface area contributed by atoms with Crippen LogP contribution < -0.4 is 0 Å². The van der Waals surface area contributed by atoms with Crippen molar-refractivity contribution < 1.29 is 28.6 Å². The first-order valence-electron chi connectivity index (χ1n) is 28.4. The first kappa shape index (κ1) is 65.1. The number of allylic oxidation sites excluding steroid dienone is 18. The number of rotatable bonds is 50. The minimum absolute atomic E-state index is 0.103. The van der Waals surface area contributed by atoms with Gasteiger partial charge in [0, 0.05) is 19.3 Å². The van der Waals surface area contributed by atoms with Gasteiger partial charge >= 0.3 is 17.9 Å². The van der Waals surface area contributed by atoms with E-state index in [1.54, 1.807) is 0 Å². The van der Waals surface area contributed by atoms with E-state index >= 15 is 0 Å². The molecule has 0 spiro atoms. The van der Waals surface area contributed by atoms with Gasteiger partial charge in [-0.2, -0.15) is 0 Å². The van der Waals surface area contributed by atoms with E-state index in [1.807, 2.05) is 0 Å². The second kappa shape index (κ2) is 56.7. The van der Waals surface area contributed by atoms with Crippen molar-refractivity contribution in [3.05, 3.63) is 109 Å². The lowest BCUT2D eigenvalue weighted by Gasteiger charge is -2.18. The van der Waals surface area contributed by atoms with Gasteiger partial charge in [0.15, 0.2) is 6.10 Å². The molecule has 392 valence electrons. The van der Waals surface area contributed by atoms with E-state index in [4.69, 9.17) is 14.2 Å². The third kappa shape index (κ3) is 54.9. The quantitative estimate of drug-likeness (QED) is 0.0262. The van der Waals surface area contributed by atoms with Gasteiger partial charge in [-0.25, -0.2) is 0 Å². The third-order valence-corrected chi connectivity index (χ3v) is 11.7. The van der Waals surface area contributed by atoms with Crippen LogP contribution >= 0.6 is 0 Å². The second-order valence-electron chi connectivity index (χ2n) is 18.5. The molecular formula is C63H104O6. The number of esters is 3. The lowest BCUT2D eigenvalue weighted by atomic mass is 10.1.